The average molecular weight is 428 g/mol. The molecule has 0 amide bonds. The number of hydrogen-bond acceptors (Lipinski definition) is 5. The molecular formula is C24H26ClNO4. The highest BCUT2D eigenvalue weighted by molar-refractivity contribution is 6.30. The van der Waals surface area contributed by atoms with Gasteiger partial charge in [-0.15, -0.1) is 0 Å². The molecule has 2 aromatic carbocycles. The van der Waals surface area contributed by atoms with E-state index in [4.69, 9.17) is 25.8 Å². The Morgan fingerprint density at radius 3 is 2.50 bits per heavy atom. The largest absolute Gasteiger partial charge is 0.493 e. The normalized spacial score (nSPS) is 23.5. The van der Waals surface area contributed by atoms with E-state index in [9.17, 15) is 4.79 Å². The first-order chi connectivity index (χ1) is 14.5. The summed E-state index contributed by atoms with van der Waals surface area (Å²) >= 11 is 5.91. The molecule has 2 atom stereocenters. The zero-order valence-corrected chi connectivity index (χ0v) is 18.2. The average Bonchev–Trinajstić information content (AvgIpc) is 3.11. The van der Waals surface area contributed by atoms with Crippen LogP contribution in [0.25, 0.3) is 0 Å². The first kappa shape index (κ1) is 20.8. The molecule has 1 heterocycles. The molecular weight excluding hydrogens is 402 g/mol. The maximum atomic E-state index is 12.6. The Balaban J connectivity index is 1.61. The van der Waals surface area contributed by atoms with Gasteiger partial charge in [-0.3, -0.25) is 4.90 Å². The van der Waals surface area contributed by atoms with Gasteiger partial charge in [0.15, 0.2) is 11.5 Å². The highest BCUT2D eigenvalue weighted by atomic mass is 35.5. The van der Waals surface area contributed by atoms with Crippen molar-refractivity contribution in [2.75, 3.05) is 27.8 Å². The molecule has 4 rings (SSSR count). The number of esters is 1. The number of likely N-dealkylation sites (tertiary alicyclic amines) is 1. The van der Waals surface area contributed by atoms with E-state index in [1.54, 1.807) is 38.5 Å². The topological polar surface area (TPSA) is 48.0 Å². The van der Waals surface area contributed by atoms with Crippen molar-refractivity contribution >= 4 is 17.6 Å². The number of nitrogens with zero attached hydrogens (tertiary/aromatic N) is 1. The summed E-state index contributed by atoms with van der Waals surface area (Å²) in [5, 5.41) is 0.593. The number of rotatable bonds is 5. The number of carbonyl (C=O) groups is 1. The molecule has 0 unspecified atom stereocenters. The van der Waals surface area contributed by atoms with Crippen LogP contribution in [0.1, 0.15) is 35.2 Å². The van der Waals surface area contributed by atoms with Crippen LogP contribution < -0.4 is 9.47 Å². The van der Waals surface area contributed by atoms with Crippen LogP contribution in [0, 0.1) is 0 Å². The molecule has 1 fully saturated rings. The first-order valence-electron chi connectivity index (χ1n) is 10.1. The van der Waals surface area contributed by atoms with Crippen LogP contribution in [0.2, 0.25) is 5.02 Å². The van der Waals surface area contributed by atoms with E-state index >= 15 is 0 Å². The Morgan fingerprint density at radius 1 is 1.07 bits per heavy atom. The molecule has 158 valence electrons. The second kappa shape index (κ2) is 8.32. The number of hydrogen-bond donors (Lipinski definition) is 0. The first-order valence-corrected chi connectivity index (χ1v) is 10.5. The molecule has 5 nitrogen and oxygen atoms in total. The van der Waals surface area contributed by atoms with E-state index in [-0.39, 0.29) is 17.4 Å². The summed E-state index contributed by atoms with van der Waals surface area (Å²) in [6.07, 6.45) is 4.76. The van der Waals surface area contributed by atoms with Crippen molar-refractivity contribution in [3.05, 3.63) is 70.4 Å². The molecule has 0 aromatic heterocycles. The summed E-state index contributed by atoms with van der Waals surface area (Å²) in [6.45, 7) is 0.980. The lowest BCUT2D eigenvalue weighted by atomic mass is 9.68. The maximum Gasteiger partial charge on any atom is 0.343 e. The molecule has 2 aromatic rings. The maximum absolute atomic E-state index is 12.6. The number of likely N-dealkylation sites (N-methyl/N-ethyl adjacent to an activating group) is 1. The Hall–Kier alpha value is -2.50. The summed E-state index contributed by atoms with van der Waals surface area (Å²) in [5.74, 6) is 1.84. The second-order valence-corrected chi connectivity index (χ2v) is 8.37. The van der Waals surface area contributed by atoms with Crippen molar-refractivity contribution in [1.29, 1.82) is 0 Å². The number of methoxy groups -OCH3 is 2. The second-order valence-electron chi connectivity index (χ2n) is 7.93. The number of allylic oxidation sites excluding steroid dienone is 1. The third-order valence-electron chi connectivity index (χ3n) is 6.38. The zero-order valence-electron chi connectivity index (χ0n) is 17.5. The number of ether oxygens (including phenoxy) is 3. The fraction of sp³-hybridized carbons (Fsp3) is 0.375. The van der Waals surface area contributed by atoms with Crippen LogP contribution in [0.4, 0.5) is 0 Å². The summed E-state index contributed by atoms with van der Waals surface area (Å²) in [5.41, 5.74) is 1.69. The van der Waals surface area contributed by atoms with Crippen molar-refractivity contribution in [2.45, 2.75) is 30.7 Å². The lowest BCUT2D eigenvalue weighted by Crippen LogP contribution is -2.42. The molecule has 2 aliphatic rings. The number of carbonyl (C=O) groups excluding carboxylic acids is 1. The highest BCUT2D eigenvalue weighted by Gasteiger charge is 2.48. The molecule has 0 bridgehead atoms. The zero-order chi connectivity index (χ0) is 21.3. The highest BCUT2D eigenvalue weighted by Crippen LogP contribution is 2.49. The van der Waals surface area contributed by atoms with Crippen LogP contribution >= 0.6 is 11.6 Å². The minimum Gasteiger partial charge on any atom is -0.493 e. The minimum absolute atomic E-state index is 0.0372. The summed E-state index contributed by atoms with van der Waals surface area (Å²) in [7, 11) is 5.42. The molecule has 6 heteroatoms. The molecule has 1 aliphatic carbocycles. The third kappa shape index (κ3) is 3.68. The fourth-order valence-corrected chi connectivity index (χ4v) is 4.83. The van der Waals surface area contributed by atoms with Gasteiger partial charge in [-0.2, -0.15) is 0 Å². The van der Waals surface area contributed by atoms with Crippen LogP contribution in [0.5, 0.6) is 11.5 Å². The molecule has 0 N–H and O–H groups in total. The number of halogens is 1. The van der Waals surface area contributed by atoms with Crippen molar-refractivity contribution in [1.82, 2.24) is 4.90 Å². The summed E-state index contributed by atoms with van der Waals surface area (Å²) < 4.78 is 16.7. The van der Waals surface area contributed by atoms with Crippen LogP contribution in [0.3, 0.4) is 0 Å². The molecule has 0 saturated carbocycles. The van der Waals surface area contributed by atoms with Crippen molar-refractivity contribution in [3.63, 3.8) is 0 Å². The van der Waals surface area contributed by atoms with Gasteiger partial charge in [-0.1, -0.05) is 17.7 Å². The lowest BCUT2D eigenvalue weighted by molar-refractivity contribution is 0.0593. The minimum atomic E-state index is -0.350. The van der Waals surface area contributed by atoms with Gasteiger partial charge in [-0.25, -0.2) is 4.79 Å². The predicted octanol–water partition coefficient (Wildman–Crippen LogP) is 4.83. The molecule has 0 spiro atoms. The van der Waals surface area contributed by atoms with Gasteiger partial charge < -0.3 is 14.2 Å². The Bertz CT molecular complexity index is 972. The van der Waals surface area contributed by atoms with Gasteiger partial charge in [-0.05, 0) is 74.5 Å². The number of fused-ring (bicyclic) bond motifs is 1. The van der Waals surface area contributed by atoms with Gasteiger partial charge in [0.2, 0.25) is 0 Å². The third-order valence-corrected chi connectivity index (χ3v) is 6.63. The van der Waals surface area contributed by atoms with E-state index in [0.717, 1.165) is 36.6 Å². The summed E-state index contributed by atoms with van der Waals surface area (Å²) in [6, 6.07) is 13.1. The Kier molecular flexibility index (Phi) is 5.76. The fourth-order valence-electron chi connectivity index (χ4n) is 4.70. The van der Waals surface area contributed by atoms with E-state index in [1.165, 1.54) is 5.56 Å². The van der Waals surface area contributed by atoms with Crippen LogP contribution in [-0.2, 0) is 10.2 Å². The SMILES string of the molecule is COc1ccc([C@@]23CCC(OC(=O)c4ccc(Cl)cc4)=C[C@@H]2N(C)CC3)cc1OC. The van der Waals surface area contributed by atoms with Gasteiger partial charge in [0.1, 0.15) is 5.76 Å². The monoisotopic (exact) mass is 427 g/mol. The van der Waals surface area contributed by atoms with E-state index in [2.05, 4.69) is 30.2 Å². The quantitative estimate of drug-likeness (QED) is 0.639. The van der Waals surface area contributed by atoms with Gasteiger partial charge in [0.25, 0.3) is 0 Å². The molecule has 1 aliphatic heterocycles. The van der Waals surface area contributed by atoms with Gasteiger partial charge >= 0.3 is 5.97 Å². The van der Waals surface area contributed by atoms with Crippen molar-refractivity contribution in [3.8, 4) is 11.5 Å². The standard InChI is InChI=1S/C24H26ClNO4/c1-26-13-12-24(17-6-9-20(28-2)21(14-17)29-3)11-10-19(15-22(24)26)30-23(27)16-4-7-18(25)8-5-16/h4-9,14-15,22H,10-13H2,1-3H3/t22-,24-/m0/s1. The van der Waals surface area contributed by atoms with Crippen LogP contribution in [0.15, 0.2) is 54.3 Å². The Morgan fingerprint density at radius 2 is 1.80 bits per heavy atom. The van der Waals surface area contributed by atoms with Gasteiger partial charge in [0.05, 0.1) is 19.8 Å². The molecule has 30 heavy (non-hydrogen) atoms. The number of benzene rings is 2. The van der Waals surface area contributed by atoms with Crippen molar-refractivity contribution in [2.24, 2.45) is 0 Å². The van der Waals surface area contributed by atoms with Crippen LogP contribution in [-0.4, -0.2) is 44.7 Å². The van der Waals surface area contributed by atoms with E-state index < -0.39 is 0 Å². The van der Waals surface area contributed by atoms with Gasteiger partial charge in [0, 0.05) is 22.9 Å². The van der Waals surface area contributed by atoms with E-state index in [1.807, 2.05) is 6.07 Å². The lowest BCUT2D eigenvalue weighted by Gasteiger charge is -2.40. The predicted molar refractivity (Wildman–Crippen MR) is 116 cm³/mol. The Labute approximate surface area is 182 Å². The van der Waals surface area contributed by atoms with Crippen molar-refractivity contribution < 1.29 is 19.0 Å². The smallest absolute Gasteiger partial charge is 0.343 e. The summed E-state index contributed by atoms with van der Waals surface area (Å²) in [4.78, 5) is 14.9. The van der Waals surface area contributed by atoms with E-state index in [0.29, 0.717) is 17.0 Å². The molecule has 1 saturated heterocycles. The molecule has 0 radical (unpaired) electrons.